The van der Waals surface area contributed by atoms with E-state index in [2.05, 4.69) is 30.2 Å². The fourth-order valence-corrected chi connectivity index (χ4v) is 6.51. The molecule has 3 atom stereocenters. The van der Waals surface area contributed by atoms with E-state index in [-0.39, 0.29) is 40.6 Å². The molecule has 5 aliphatic rings. The molecule has 1 aliphatic heterocycles. The Kier molecular flexibility index (Phi) is 3.89. The van der Waals surface area contributed by atoms with Crippen LogP contribution in [0.25, 0.3) is 0 Å². The van der Waals surface area contributed by atoms with Crippen molar-refractivity contribution in [1.29, 1.82) is 0 Å². The van der Waals surface area contributed by atoms with Crippen molar-refractivity contribution in [1.82, 2.24) is 0 Å². The Balaban J connectivity index is 1.39. The van der Waals surface area contributed by atoms with Crippen molar-refractivity contribution in [2.24, 2.45) is 17.3 Å². The number of anilines is 1. The Bertz CT molecular complexity index is 1560. The van der Waals surface area contributed by atoms with E-state index >= 15 is 0 Å². The average molecular weight is 460 g/mol. The first-order valence-corrected chi connectivity index (χ1v) is 12.0. The lowest BCUT2D eigenvalue weighted by Crippen LogP contribution is -2.74. The molecule has 0 saturated heterocycles. The third kappa shape index (κ3) is 2.53. The normalized spacial score (nSPS) is 26.6. The van der Waals surface area contributed by atoms with Gasteiger partial charge in [-0.15, -0.1) is 0 Å². The Morgan fingerprint density at radius 1 is 0.857 bits per heavy atom. The molecule has 0 radical (unpaired) electrons. The number of fused-ring (bicyclic) bond motifs is 7. The molecular formula is C30H23N2O3+. The second kappa shape index (κ2) is 6.72. The summed E-state index contributed by atoms with van der Waals surface area (Å²) in [6.07, 6.45) is 12.0. The highest BCUT2D eigenvalue weighted by atomic mass is 16.1. The van der Waals surface area contributed by atoms with E-state index < -0.39 is 0 Å². The van der Waals surface area contributed by atoms with Crippen molar-refractivity contribution in [3.63, 3.8) is 0 Å². The molecule has 0 bridgehead atoms. The first-order chi connectivity index (χ1) is 16.9. The SMILES string of the molecule is CC1(C)C2=C(C=CC3=[NH+]c4c(ccc5c4C(=O)c4ccccc4C5=O)NC32)C(=O)C2C=CC=CC21. The highest BCUT2D eigenvalue weighted by Gasteiger charge is 2.52. The van der Waals surface area contributed by atoms with Crippen molar-refractivity contribution < 1.29 is 19.4 Å². The number of allylic oxidation sites excluding steroid dienone is 6. The summed E-state index contributed by atoms with van der Waals surface area (Å²) in [6, 6.07) is 10.3. The zero-order valence-corrected chi connectivity index (χ0v) is 19.4. The van der Waals surface area contributed by atoms with Crippen molar-refractivity contribution in [2.45, 2.75) is 19.9 Å². The second-order valence-corrected chi connectivity index (χ2v) is 10.3. The largest absolute Gasteiger partial charge is 0.364 e. The predicted octanol–water partition coefficient (Wildman–Crippen LogP) is 3.24. The number of carbonyl (C=O) groups is 3. The molecule has 0 aromatic heterocycles. The van der Waals surface area contributed by atoms with Crippen LogP contribution in [0, 0.1) is 17.3 Å². The van der Waals surface area contributed by atoms with Crippen molar-refractivity contribution in [3.8, 4) is 0 Å². The molecule has 7 rings (SSSR count). The molecule has 0 saturated carbocycles. The Morgan fingerprint density at radius 3 is 2.40 bits per heavy atom. The smallest absolute Gasteiger partial charge is 0.239 e. The number of nitrogens with one attached hydrogen (secondary N) is 2. The fourth-order valence-electron chi connectivity index (χ4n) is 6.51. The molecule has 3 unspecified atom stereocenters. The molecule has 2 N–H and O–H groups in total. The summed E-state index contributed by atoms with van der Waals surface area (Å²) >= 11 is 0. The highest BCUT2D eigenvalue weighted by Crippen LogP contribution is 2.51. The van der Waals surface area contributed by atoms with E-state index in [1.165, 1.54) is 0 Å². The highest BCUT2D eigenvalue weighted by molar-refractivity contribution is 6.30. The number of hydrogen-bond donors (Lipinski definition) is 2. The van der Waals surface area contributed by atoms with Gasteiger partial charge in [0.25, 0.3) is 0 Å². The van der Waals surface area contributed by atoms with Gasteiger partial charge in [0.1, 0.15) is 17.3 Å². The third-order valence-electron chi connectivity index (χ3n) is 8.21. The molecule has 2 aromatic carbocycles. The Morgan fingerprint density at radius 2 is 1.60 bits per heavy atom. The van der Waals surface area contributed by atoms with Crippen molar-refractivity contribution in [3.05, 3.63) is 106 Å². The van der Waals surface area contributed by atoms with Gasteiger partial charge in [0.2, 0.25) is 17.2 Å². The van der Waals surface area contributed by atoms with Crippen LogP contribution in [-0.4, -0.2) is 29.1 Å². The summed E-state index contributed by atoms with van der Waals surface area (Å²) < 4.78 is 0. The van der Waals surface area contributed by atoms with Crippen LogP contribution in [0.15, 0.2) is 84.0 Å². The number of carbonyl (C=O) groups excluding carboxylic acids is 3. The van der Waals surface area contributed by atoms with Crippen LogP contribution in [-0.2, 0) is 4.79 Å². The van der Waals surface area contributed by atoms with Crippen LogP contribution in [0.3, 0.4) is 0 Å². The first-order valence-electron chi connectivity index (χ1n) is 12.0. The second-order valence-electron chi connectivity index (χ2n) is 10.3. The standard InChI is InChI=1S/C30H22N2O3/c1-30(2)20-10-6-5-9-17(20)28(34)19-12-14-22-26(24(19)30)32-21-13-11-18-23(25(21)31-22)29(35)16-8-4-3-7-15(16)27(18)33/h3-14,17,20,26,32H,1-2H3/p+1. The lowest BCUT2D eigenvalue weighted by atomic mass is 9.56. The molecular weight excluding hydrogens is 436 g/mol. The monoisotopic (exact) mass is 459 g/mol. The zero-order valence-electron chi connectivity index (χ0n) is 19.4. The fraction of sp³-hybridized carbons (Fsp3) is 0.200. The first kappa shape index (κ1) is 20.3. The maximum absolute atomic E-state index is 13.5. The number of benzene rings is 2. The molecule has 4 aliphatic carbocycles. The topological polar surface area (TPSA) is 77.2 Å². The third-order valence-corrected chi connectivity index (χ3v) is 8.21. The predicted molar refractivity (Wildman–Crippen MR) is 133 cm³/mol. The number of rotatable bonds is 0. The molecule has 0 amide bonds. The summed E-state index contributed by atoms with van der Waals surface area (Å²) in [7, 11) is 0. The molecule has 5 heteroatoms. The summed E-state index contributed by atoms with van der Waals surface area (Å²) in [5.74, 6) is -0.224. The van der Waals surface area contributed by atoms with Gasteiger partial charge in [0, 0.05) is 34.3 Å². The maximum Gasteiger partial charge on any atom is 0.239 e. The Labute approximate surface area is 202 Å². The Hall–Kier alpha value is -4.12. The van der Waals surface area contributed by atoms with Crippen LogP contribution in [0.4, 0.5) is 11.4 Å². The molecule has 35 heavy (non-hydrogen) atoms. The van der Waals surface area contributed by atoms with Gasteiger partial charge in [-0.1, -0.05) is 62.4 Å². The molecule has 2 aromatic rings. The lowest BCUT2D eigenvalue weighted by Gasteiger charge is -2.47. The van der Waals surface area contributed by atoms with Gasteiger partial charge in [0.05, 0.1) is 0 Å². The quantitative estimate of drug-likeness (QED) is 0.541. The van der Waals surface area contributed by atoms with Crippen molar-refractivity contribution >= 4 is 34.4 Å². The van der Waals surface area contributed by atoms with Crippen LogP contribution >= 0.6 is 0 Å². The maximum atomic E-state index is 13.5. The minimum atomic E-state index is -0.263. The summed E-state index contributed by atoms with van der Waals surface area (Å²) in [6.45, 7) is 4.41. The number of ketones is 3. The minimum absolute atomic E-state index is 0.0777. The van der Waals surface area contributed by atoms with Crippen molar-refractivity contribution in [2.75, 3.05) is 5.32 Å². The zero-order chi connectivity index (χ0) is 24.1. The van der Waals surface area contributed by atoms with Gasteiger partial charge in [-0.25, -0.2) is 4.99 Å². The van der Waals surface area contributed by atoms with Gasteiger partial charge in [-0.3, -0.25) is 14.4 Å². The number of Topliss-reactive ketones (excluding diaryl/α,β-unsaturated/α-hetero) is 1. The van der Waals surface area contributed by atoms with Gasteiger partial charge in [-0.2, -0.15) is 0 Å². The van der Waals surface area contributed by atoms with E-state index in [0.29, 0.717) is 27.9 Å². The average Bonchev–Trinajstić information content (AvgIpc) is 2.88. The minimum Gasteiger partial charge on any atom is -0.364 e. The van der Waals surface area contributed by atoms with Gasteiger partial charge < -0.3 is 5.32 Å². The summed E-state index contributed by atoms with van der Waals surface area (Å²) in [5, 5.41) is 3.61. The van der Waals surface area contributed by atoms with Gasteiger partial charge >= 0.3 is 0 Å². The van der Waals surface area contributed by atoms with Gasteiger partial charge in [0.15, 0.2) is 11.6 Å². The van der Waals surface area contributed by atoms with Crippen LogP contribution < -0.4 is 10.3 Å². The van der Waals surface area contributed by atoms with Crippen LogP contribution in [0.5, 0.6) is 0 Å². The van der Waals surface area contributed by atoms with E-state index in [1.54, 1.807) is 30.3 Å². The molecule has 0 fully saturated rings. The number of hydrogen-bond acceptors (Lipinski definition) is 4. The van der Waals surface area contributed by atoms with E-state index in [0.717, 1.165) is 22.5 Å². The summed E-state index contributed by atoms with van der Waals surface area (Å²) in [4.78, 5) is 43.6. The van der Waals surface area contributed by atoms with Gasteiger partial charge in [-0.05, 0) is 35.1 Å². The van der Waals surface area contributed by atoms with E-state index in [9.17, 15) is 14.4 Å². The lowest BCUT2D eigenvalue weighted by molar-refractivity contribution is -0.355. The molecule has 1 heterocycles. The van der Waals surface area contributed by atoms with E-state index in [4.69, 9.17) is 0 Å². The molecule has 5 nitrogen and oxygen atoms in total. The van der Waals surface area contributed by atoms with Crippen LogP contribution in [0.1, 0.15) is 45.7 Å². The van der Waals surface area contributed by atoms with Crippen LogP contribution in [0.2, 0.25) is 0 Å². The van der Waals surface area contributed by atoms with E-state index in [1.807, 2.05) is 36.4 Å². The molecule has 170 valence electrons. The summed E-state index contributed by atoms with van der Waals surface area (Å²) in [5.41, 5.74) is 5.49. The molecule has 0 spiro atoms.